The summed E-state index contributed by atoms with van der Waals surface area (Å²) in [6.07, 6.45) is 3.94. The van der Waals surface area contributed by atoms with Gasteiger partial charge < -0.3 is 5.32 Å². The molecule has 1 fully saturated rings. The van der Waals surface area contributed by atoms with Gasteiger partial charge in [0.2, 0.25) is 0 Å². The third kappa shape index (κ3) is 3.79. The zero-order valence-electron chi connectivity index (χ0n) is 9.63. The highest BCUT2D eigenvalue weighted by Gasteiger charge is 2.20. The lowest BCUT2D eigenvalue weighted by molar-refractivity contribution is 0.680. The monoisotopic (exact) mass is 299 g/mol. The number of nitrogens with one attached hydrogen (secondary N) is 1. The number of halogens is 1. The summed E-state index contributed by atoms with van der Waals surface area (Å²) in [4.78, 5) is 1.43. The smallest absolute Gasteiger partial charge is 0.0219 e. The maximum absolute atomic E-state index is 3.58. The van der Waals surface area contributed by atoms with E-state index in [9.17, 15) is 0 Å². The second-order valence-electron chi connectivity index (χ2n) is 4.26. The van der Waals surface area contributed by atoms with Crippen LogP contribution in [0.1, 0.15) is 31.7 Å². The van der Waals surface area contributed by atoms with E-state index < -0.39 is 0 Å². The van der Waals surface area contributed by atoms with Crippen LogP contribution in [0.3, 0.4) is 0 Å². The molecule has 16 heavy (non-hydrogen) atoms. The predicted molar refractivity (Wildman–Crippen MR) is 75.0 cm³/mol. The SMILES string of the molecule is CCCSc1ccc(Br)cc1CNC1CC1. The Balaban J connectivity index is 2.01. The van der Waals surface area contributed by atoms with Gasteiger partial charge in [-0.05, 0) is 48.8 Å². The Labute approximate surface area is 111 Å². The minimum Gasteiger partial charge on any atom is -0.310 e. The van der Waals surface area contributed by atoms with E-state index in [-0.39, 0.29) is 0 Å². The summed E-state index contributed by atoms with van der Waals surface area (Å²) in [5, 5.41) is 3.58. The highest BCUT2D eigenvalue weighted by Crippen LogP contribution is 2.27. The Morgan fingerprint density at radius 1 is 1.44 bits per heavy atom. The molecule has 0 amide bonds. The van der Waals surface area contributed by atoms with Crippen molar-refractivity contribution in [3.63, 3.8) is 0 Å². The second-order valence-corrected chi connectivity index (χ2v) is 6.31. The molecule has 1 nitrogen and oxygen atoms in total. The second kappa shape index (κ2) is 6.08. The van der Waals surface area contributed by atoms with Crippen LogP contribution in [-0.4, -0.2) is 11.8 Å². The molecule has 1 saturated carbocycles. The van der Waals surface area contributed by atoms with E-state index in [4.69, 9.17) is 0 Å². The molecule has 0 atom stereocenters. The molecule has 88 valence electrons. The van der Waals surface area contributed by atoms with Gasteiger partial charge in [-0.2, -0.15) is 0 Å². The fourth-order valence-electron chi connectivity index (χ4n) is 1.58. The number of hydrogen-bond donors (Lipinski definition) is 1. The Kier molecular flexibility index (Phi) is 4.74. The van der Waals surface area contributed by atoms with E-state index in [1.807, 2.05) is 11.8 Å². The average Bonchev–Trinajstić information content (AvgIpc) is 3.09. The molecular formula is C13H18BrNS. The van der Waals surface area contributed by atoms with Crippen molar-refractivity contribution in [1.82, 2.24) is 5.32 Å². The van der Waals surface area contributed by atoms with Crippen LogP contribution in [0.2, 0.25) is 0 Å². The van der Waals surface area contributed by atoms with Crippen molar-refractivity contribution >= 4 is 27.7 Å². The number of thioether (sulfide) groups is 1. The van der Waals surface area contributed by atoms with Gasteiger partial charge in [0.05, 0.1) is 0 Å². The first-order valence-corrected chi connectivity index (χ1v) is 7.72. The molecule has 0 heterocycles. The molecule has 1 aromatic rings. The Bertz CT molecular complexity index is 350. The third-order valence-corrected chi connectivity index (χ3v) is 4.46. The largest absolute Gasteiger partial charge is 0.310 e. The fourth-order valence-corrected chi connectivity index (χ4v) is 2.89. The van der Waals surface area contributed by atoms with Gasteiger partial charge in [0, 0.05) is 22.0 Å². The molecule has 1 aliphatic carbocycles. The first-order valence-electron chi connectivity index (χ1n) is 5.94. The summed E-state index contributed by atoms with van der Waals surface area (Å²) in [5.74, 6) is 1.21. The number of rotatable bonds is 6. The summed E-state index contributed by atoms with van der Waals surface area (Å²) < 4.78 is 1.18. The van der Waals surface area contributed by atoms with Crippen LogP contribution in [-0.2, 0) is 6.54 Å². The minimum absolute atomic E-state index is 0.781. The molecule has 1 N–H and O–H groups in total. The van der Waals surface area contributed by atoms with Crippen molar-refractivity contribution in [3.05, 3.63) is 28.2 Å². The molecule has 0 aliphatic heterocycles. The lowest BCUT2D eigenvalue weighted by atomic mass is 10.2. The minimum atomic E-state index is 0.781. The van der Waals surface area contributed by atoms with Crippen LogP contribution in [0.25, 0.3) is 0 Å². The van der Waals surface area contributed by atoms with Gasteiger partial charge in [-0.3, -0.25) is 0 Å². The standard InChI is InChI=1S/C13H18BrNS/c1-2-7-16-13-6-3-11(14)8-10(13)9-15-12-4-5-12/h3,6,8,12,15H,2,4-5,7,9H2,1H3. The molecule has 0 aromatic heterocycles. The maximum Gasteiger partial charge on any atom is 0.0219 e. The van der Waals surface area contributed by atoms with Gasteiger partial charge in [-0.1, -0.05) is 22.9 Å². The summed E-state index contributed by atoms with van der Waals surface area (Å²) in [6.45, 7) is 3.24. The molecule has 3 heteroatoms. The Hall–Kier alpha value is 0.01000. The van der Waals surface area contributed by atoms with Crippen LogP contribution < -0.4 is 5.32 Å². The molecule has 2 rings (SSSR count). The predicted octanol–water partition coefficient (Wildman–Crippen LogP) is 4.20. The van der Waals surface area contributed by atoms with Crippen molar-refractivity contribution < 1.29 is 0 Å². The van der Waals surface area contributed by atoms with Gasteiger partial charge in [0.25, 0.3) is 0 Å². The molecule has 0 bridgehead atoms. The maximum atomic E-state index is 3.58. The zero-order valence-corrected chi connectivity index (χ0v) is 12.0. The van der Waals surface area contributed by atoms with Crippen LogP contribution in [0.5, 0.6) is 0 Å². The zero-order chi connectivity index (χ0) is 11.4. The van der Waals surface area contributed by atoms with Crippen molar-refractivity contribution in [2.24, 2.45) is 0 Å². The molecule has 0 spiro atoms. The molecule has 0 radical (unpaired) electrons. The highest BCUT2D eigenvalue weighted by atomic mass is 79.9. The summed E-state index contributed by atoms with van der Waals surface area (Å²) in [7, 11) is 0. The average molecular weight is 300 g/mol. The van der Waals surface area contributed by atoms with E-state index in [0.717, 1.165) is 12.6 Å². The molecule has 1 aliphatic rings. The normalized spacial score (nSPS) is 15.4. The highest BCUT2D eigenvalue weighted by molar-refractivity contribution is 9.10. The quantitative estimate of drug-likeness (QED) is 0.790. The van der Waals surface area contributed by atoms with Crippen LogP contribution in [0.4, 0.5) is 0 Å². The van der Waals surface area contributed by atoms with Gasteiger partial charge in [0.15, 0.2) is 0 Å². The summed E-state index contributed by atoms with van der Waals surface area (Å²) in [5.41, 5.74) is 1.43. The molecule has 0 saturated heterocycles. The van der Waals surface area contributed by atoms with E-state index >= 15 is 0 Å². The third-order valence-electron chi connectivity index (χ3n) is 2.64. The molecular weight excluding hydrogens is 282 g/mol. The Morgan fingerprint density at radius 2 is 2.25 bits per heavy atom. The topological polar surface area (TPSA) is 12.0 Å². The van der Waals surface area contributed by atoms with Crippen molar-refractivity contribution in [1.29, 1.82) is 0 Å². The first kappa shape index (κ1) is 12.5. The van der Waals surface area contributed by atoms with Gasteiger partial charge in [-0.25, -0.2) is 0 Å². The number of hydrogen-bond acceptors (Lipinski definition) is 2. The fraction of sp³-hybridized carbons (Fsp3) is 0.538. The van der Waals surface area contributed by atoms with E-state index in [0.29, 0.717) is 0 Å². The molecule has 0 unspecified atom stereocenters. The van der Waals surface area contributed by atoms with Gasteiger partial charge >= 0.3 is 0 Å². The lowest BCUT2D eigenvalue weighted by Gasteiger charge is -2.10. The van der Waals surface area contributed by atoms with Crippen molar-refractivity contribution in [2.45, 2.75) is 43.7 Å². The summed E-state index contributed by atoms with van der Waals surface area (Å²) >= 11 is 5.52. The van der Waals surface area contributed by atoms with Crippen LogP contribution in [0.15, 0.2) is 27.6 Å². The van der Waals surface area contributed by atoms with Crippen LogP contribution >= 0.6 is 27.7 Å². The van der Waals surface area contributed by atoms with E-state index in [1.54, 1.807) is 0 Å². The van der Waals surface area contributed by atoms with Gasteiger partial charge in [-0.15, -0.1) is 11.8 Å². The lowest BCUT2D eigenvalue weighted by Crippen LogP contribution is -2.15. The van der Waals surface area contributed by atoms with Gasteiger partial charge in [0.1, 0.15) is 0 Å². The Morgan fingerprint density at radius 3 is 2.94 bits per heavy atom. The molecule has 1 aromatic carbocycles. The van der Waals surface area contributed by atoms with Crippen molar-refractivity contribution in [3.8, 4) is 0 Å². The number of benzene rings is 1. The summed E-state index contributed by atoms with van der Waals surface area (Å²) in [6, 6.07) is 7.39. The first-order chi connectivity index (χ1) is 7.79. The van der Waals surface area contributed by atoms with Crippen molar-refractivity contribution in [2.75, 3.05) is 5.75 Å². The van der Waals surface area contributed by atoms with Crippen LogP contribution in [0, 0.1) is 0 Å². The van der Waals surface area contributed by atoms with E-state index in [2.05, 4.69) is 46.4 Å². The van der Waals surface area contributed by atoms with E-state index in [1.165, 1.54) is 39.9 Å².